The van der Waals surface area contributed by atoms with E-state index >= 15 is 0 Å². The predicted molar refractivity (Wildman–Crippen MR) is 58.4 cm³/mol. The van der Waals surface area contributed by atoms with Crippen molar-refractivity contribution in [3.05, 3.63) is 0 Å². The van der Waals surface area contributed by atoms with Crippen LogP contribution in [0, 0.1) is 0 Å². The van der Waals surface area contributed by atoms with Gasteiger partial charge in [-0.1, -0.05) is 32.6 Å². The zero-order valence-electron chi connectivity index (χ0n) is 9.62. The number of ether oxygens (including phenoxy) is 1. The van der Waals surface area contributed by atoms with Crippen molar-refractivity contribution in [2.45, 2.75) is 51.6 Å². The number of methoxy groups -OCH3 is 1. The van der Waals surface area contributed by atoms with Crippen molar-refractivity contribution in [1.29, 1.82) is 0 Å². The monoisotopic (exact) mass is 215 g/mol. The van der Waals surface area contributed by atoms with E-state index < -0.39 is 12.0 Å². The van der Waals surface area contributed by atoms with Gasteiger partial charge in [-0.15, -0.1) is 0 Å². The Kier molecular flexibility index (Phi) is 7.91. The quantitative estimate of drug-likeness (QED) is 0.467. The number of carbonyl (C=O) groups is 2. The van der Waals surface area contributed by atoms with Crippen molar-refractivity contribution in [3.63, 3.8) is 0 Å². The summed E-state index contributed by atoms with van der Waals surface area (Å²) in [7, 11) is 1.32. The summed E-state index contributed by atoms with van der Waals surface area (Å²) in [6.07, 6.45) is 4.66. The summed E-state index contributed by atoms with van der Waals surface area (Å²) < 4.78 is 4.73. The maximum atomic E-state index is 11.4. The number of hydrogen-bond acceptors (Lipinski definition) is 3. The highest BCUT2D eigenvalue weighted by molar-refractivity contribution is 6.03. The van der Waals surface area contributed by atoms with Crippen LogP contribution in [0.1, 0.15) is 45.4 Å². The van der Waals surface area contributed by atoms with Crippen LogP contribution in [0.15, 0.2) is 0 Å². The molecule has 0 saturated heterocycles. The van der Waals surface area contributed by atoms with Crippen LogP contribution in [0.25, 0.3) is 0 Å². The lowest BCUT2D eigenvalue weighted by molar-refractivity contribution is -0.140. The van der Waals surface area contributed by atoms with Crippen molar-refractivity contribution >= 4 is 11.7 Å². The molecular formula is C11H21NO3. The Morgan fingerprint density at radius 3 is 2.27 bits per heavy atom. The third kappa shape index (κ3) is 6.23. The molecule has 0 fully saturated rings. The third-order valence-electron chi connectivity index (χ3n) is 2.31. The number of nitrogens with two attached hydrogens (primary N) is 1. The number of carbonyl (C=O) groups excluding carboxylic acids is 2. The van der Waals surface area contributed by atoms with Crippen LogP contribution in [0.3, 0.4) is 0 Å². The van der Waals surface area contributed by atoms with Crippen molar-refractivity contribution in [2.75, 3.05) is 7.11 Å². The number of primary amides is 1. The van der Waals surface area contributed by atoms with Crippen molar-refractivity contribution in [2.24, 2.45) is 5.73 Å². The van der Waals surface area contributed by atoms with E-state index in [1.54, 1.807) is 0 Å². The molecule has 15 heavy (non-hydrogen) atoms. The molecule has 0 rings (SSSR count). The Labute approximate surface area is 91.2 Å². The van der Waals surface area contributed by atoms with Crippen molar-refractivity contribution < 1.29 is 14.3 Å². The van der Waals surface area contributed by atoms with E-state index in [-0.39, 0.29) is 5.78 Å². The number of ketones is 1. The maximum absolute atomic E-state index is 11.4. The molecule has 0 aromatic heterocycles. The largest absolute Gasteiger partial charge is 0.367 e. The fourth-order valence-corrected chi connectivity index (χ4v) is 1.44. The Bertz CT molecular complexity index is 204. The minimum absolute atomic E-state index is 0.207. The molecular weight excluding hydrogens is 194 g/mol. The normalized spacial score (nSPS) is 12.4. The van der Waals surface area contributed by atoms with Gasteiger partial charge in [0.2, 0.25) is 0 Å². The van der Waals surface area contributed by atoms with Crippen molar-refractivity contribution in [1.82, 2.24) is 0 Å². The Morgan fingerprint density at radius 1 is 1.20 bits per heavy atom. The molecule has 0 aliphatic carbocycles. The Balaban J connectivity index is 3.67. The molecule has 0 aromatic carbocycles. The van der Waals surface area contributed by atoms with Crippen LogP contribution >= 0.6 is 0 Å². The first-order chi connectivity index (χ1) is 7.13. The zero-order chi connectivity index (χ0) is 11.7. The average Bonchev–Trinajstić information content (AvgIpc) is 2.18. The van der Waals surface area contributed by atoms with E-state index in [0.29, 0.717) is 6.42 Å². The minimum atomic E-state index is -1.06. The summed E-state index contributed by atoms with van der Waals surface area (Å²) in [6, 6.07) is 0. The second-order valence-electron chi connectivity index (χ2n) is 3.65. The Morgan fingerprint density at radius 2 is 1.80 bits per heavy atom. The van der Waals surface area contributed by atoms with E-state index in [1.807, 2.05) is 0 Å². The maximum Gasteiger partial charge on any atom is 0.254 e. The summed E-state index contributed by atoms with van der Waals surface area (Å²) in [5.74, 6) is -0.905. The highest BCUT2D eigenvalue weighted by atomic mass is 16.5. The molecule has 0 saturated carbocycles. The number of rotatable bonds is 9. The van der Waals surface area contributed by atoms with Crippen LogP contribution in [0.2, 0.25) is 0 Å². The SMILES string of the molecule is CCCCCCCC(=O)C(OC)C(N)=O. The number of hydrogen-bond donors (Lipinski definition) is 1. The molecule has 1 amide bonds. The smallest absolute Gasteiger partial charge is 0.254 e. The second-order valence-corrected chi connectivity index (χ2v) is 3.65. The molecule has 0 aromatic rings. The lowest BCUT2D eigenvalue weighted by atomic mass is 10.1. The van der Waals surface area contributed by atoms with Gasteiger partial charge >= 0.3 is 0 Å². The first-order valence-corrected chi connectivity index (χ1v) is 5.48. The molecule has 0 heterocycles. The molecule has 2 N–H and O–H groups in total. The third-order valence-corrected chi connectivity index (χ3v) is 2.31. The zero-order valence-corrected chi connectivity index (χ0v) is 9.62. The number of amides is 1. The van der Waals surface area contributed by atoms with Crippen LogP contribution in [0.5, 0.6) is 0 Å². The number of Topliss-reactive ketones (excluding diaryl/α,β-unsaturated/α-hetero) is 1. The first kappa shape index (κ1) is 14.1. The summed E-state index contributed by atoms with van der Waals surface area (Å²) in [6.45, 7) is 2.14. The molecule has 4 nitrogen and oxygen atoms in total. The van der Waals surface area contributed by atoms with Crippen LogP contribution in [-0.2, 0) is 14.3 Å². The summed E-state index contributed by atoms with van der Waals surface area (Å²) in [5.41, 5.74) is 5.02. The fourth-order valence-electron chi connectivity index (χ4n) is 1.44. The molecule has 4 heteroatoms. The van der Waals surface area contributed by atoms with E-state index in [2.05, 4.69) is 6.92 Å². The van der Waals surface area contributed by atoms with Gasteiger partial charge < -0.3 is 10.5 Å². The highest BCUT2D eigenvalue weighted by Gasteiger charge is 2.22. The summed E-state index contributed by atoms with van der Waals surface area (Å²) in [5, 5.41) is 0. The van der Waals surface area contributed by atoms with Crippen LogP contribution in [0.4, 0.5) is 0 Å². The van der Waals surface area contributed by atoms with Gasteiger partial charge in [0.25, 0.3) is 5.91 Å². The van der Waals surface area contributed by atoms with E-state index in [1.165, 1.54) is 20.0 Å². The Hall–Kier alpha value is -0.900. The van der Waals surface area contributed by atoms with E-state index in [9.17, 15) is 9.59 Å². The molecule has 0 aliphatic rings. The van der Waals surface area contributed by atoms with Gasteiger partial charge in [0.15, 0.2) is 11.9 Å². The van der Waals surface area contributed by atoms with Crippen molar-refractivity contribution in [3.8, 4) is 0 Å². The van der Waals surface area contributed by atoms with Crippen LogP contribution < -0.4 is 5.73 Å². The average molecular weight is 215 g/mol. The van der Waals surface area contributed by atoms with Gasteiger partial charge in [-0.3, -0.25) is 9.59 Å². The lowest BCUT2D eigenvalue weighted by Crippen LogP contribution is -2.37. The van der Waals surface area contributed by atoms with Gasteiger partial charge in [0, 0.05) is 13.5 Å². The fraction of sp³-hybridized carbons (Fsp3) is 0.818. The standard InChI is InChI=1S/C11H21NO3/c1-3-4-5-6-7-8-9(13)10(15-2)11(12)14/h10H,3-8H2,1-2H3,(H2,12,14). The molecule has 0 aliphatic heterocycles. The summed E-state index contributed by atoms with van der Waals surface area (Å²) in [4.78, 5) is 22.2. The summed E-state index contributed by atoms with van der Waals surface area (Å²) >= 11 is 0. The second kappa shape index (κ2) is 8.41. The molecule has 0 radical (unpaired) electrons. The van der Waals surface area contributed by atoms with E-state index in [4.69, 9.17) is 10.5 Å². The molecule has 0 bridgehead atoms. The lowest BCUT2D eigenvalue weighted by Gasteiger charge is -2.09. The highest BCUT2D eigenvalue weighted by Crippen LogP contribution is 2.07. The topological polar surface area (TPSA) is 69.4 Å². The molecule has 1 unspecified atom stereocenters. The molecule has 0 spiro atoms. The van der Waals surface area contributed by atoms with Gasteiger partial charge in [-0.05, 0) is 6.42 Å². The van der Waals surface area contributed by atoms with Gasteiger partial charge in [0.05, 0.1) is 0 Å². The number of unbranched alkanes of at least 4 members (excludes halogenated alkanes) is 4. The van der Waals surface area contributed by atoms with Gasteiger partial charge in [-0.2, -0.15) is 0 Å². The first-order valence-electron chi connectivity index (χ1n) is 5.48. The van der Waals surface area contributed by atoms with E-state index in [0.717, 1.165) is 19.3 Å². The van der Waals surface area contributed by atoms with Gasteiger partial charge in [-0.25, -0.2) is 0 Å². The van der Waals surface area contributed by atoms with Gasteiger partial charge in [0.1, 0.15) is 0 Å². The van der Waals surface area contributed by atoms with Crippen LogP contribution in [-0.4, -0.2) is 24.9 Å². The minimum Gasteiger partial charge on any atom is -0.367 e. The predicted octanol–water partition coefficient (Wildman–Crippen LogP) is 1.42. The molecule has 1 atom stereocenters. The molecule has 88 valence electrons.